The fourth-order valence-corrected chi connectivity index (χ4v) is 2.41. The molecule has 1 aromatic carbocycles. The van der Waals surface area contributed by atoms with Gasteiger partial charge >= 0.3 is 18.0 Å². The number of amides is 1. The summed E-state index contributed by atoms with van der Waals surface area (Å²) in [5.74, 6) is -7.11. The van der Waals surface area contributed by atoms with Gasteiger partial charge in [0.1, 0.15) is 6.61 Å². The van der Waals surface area contributed by atoms with Crippen molar-refractivity contribution in [3.8, 4) is 0 Å². The quantitative estimate of drug-likeness (QED) is 0.928. The molecule has 1 amide bonds. The summed E-state index contributed by atoms with van der Waals surface area (Å²) in [4.78, 5) is 23.7. The summed E-state index contributed by atoms with van der Waals surface area (Å²) in [7, 11) is 0. The lowest BCUT2D eigenvalue weighted by Gasteiger charge is -2.33. The van der Waals surface area contributed by atoms with Crippen LogP contribution in [0.1, 0.15) is 18.4 Å². The number of ether oxygens (including phenoxy) is 1. The summed E-state index contributed by atoms with van der Waals surface area (Å²) in [6.45, 7) is 0.257. The van der Waals surface area contributed by atoms with Crippen molar-refractivity contribution in [2.24, 2.45) is 5.92 Å². The van der Waals surface area contributed by atoms with Crippen molar-refractivity contribution in [3.05, 3.63) is 35.9 Å². The van der Waals surface area contributed by atoms with Gasteiger partial charge < -0.3 is 14.7 Å². The SMILES string of the molecule is O=C(OCc1ccccc1)N1CCC(C(F)(F)C(=O)O)CC1. The molecule has 1 N–H and O–H groups in total. The van der Waals surface area contributed by atoms with E-state index in [2.05, 4.69) is 0 Å². The molecule has 0 aromatic heterocycles. The first-order valence-electron chi connectivity index (χ1n) is 6.98. The highest BCUT2D eigenvalue weighted by Gasteiger charge is 2.48. The van der Waals surface area contributed by atoms with Crippen molar-refractivity contribution in [2.45, 2.75) is 25.4 Å². The van der Waals surface area contributed by atoms with Crippen molar-refractivity contribution in [1.82, 2.24) is 4.90 Å². The smallest absolute Gasteiger partial charge is 0.410 e. The predicted octanol–water partition coefficient (Wildman–Crippen LogP) is 2.76. The maximum atomic E-state index is 13.4. The molecule has 1 saturated heterocycles. The lowest BCUT2D eigenvalue weighted by molar-refractivity contribution is -0.175. The van der Waals surface area contributed by atoms with Crippen molar-refractivity contribution in [3.63, 3.8) is 0 Å². The molecular formula is C15H17F2NO4. The molecule has 1 aromatic rings. The Morgan fingerprint density at radius 1 is 1.23 bits per heavy atom. The number of piperidine rings is 1. The first-order chi connectivity index (χ1) is 10.4. The molecule has 7 heteroatoms. The van der Waals surface area contributed by atoms with E-state index in [9.17, 15) is 18.4 Å². The van der Waals surface area contributed by atoms with Crippen LogP contribution in [0.2, 0.25) is 0 Å². The Bertz CT molecular complexity index is 528. The van der Waals surface area contributed by atoms with Gasteiger partial charge in [-0.15, -0.1) is 0 Å². The number of nitrogens with zero attached hydrogens (tertiary/aromatic N) is 1. The van der Waals surface area contributed by atoms with Crippen LogP contribution in [0.4, 0.5) is 13.6 Å². The number of alkyl halides is 2. The van der Waals surface area contributed by atoms with E-state index in [1.807, 2.05) is 30.3 Å². The standard InChI is InChI=1S/C15H17F2NO4/c16-15(17,13(19)20)12-6-8-18(9-7-12)14(21)22-10-11-4-2-1-3-5-11/h1-5,12H,6-10H2,(H,19,20). The second kappa shape index (κ2) is 6.72. The maximum absolute atomic E-state index is 13.4. The van der Waals surface area contributed by atoms with Gasteiger partial charge in [-0.1, -0.05) is 30.3 Å². The highest BCUT2D eigenvalue weighted by Crippen LogP contribution is 2.33. The molecule has 0 unspecified atom stereocenters. The zero-order valence-electron chi connectivity index (χ0n) is 11.9. The first-order valence-corrected chi connectivity index (χ1v) is 6.98. The minimum atomic E-state index is -3.75. The van der Waals surface area contributed by atoms with Crippen molar-refractivity contribution in [1.29, 1.82) is 0 Å². The Kier molecular flexibility index (Phi) is 4.95. The van der Waals surface area contributed by atoms with Crippen molar-refractivity contribution < 1.29 is 28.2 Å². The molecule has 0 aliphatic carbocycles. The summed E-state index contributed by atoms with van der Waals surface area (Å²) in [6, 6.07) is 9.11. The van der Waals surface area contributed by atoms with E-state index in [1.54, 1.807) is 0 Å². The van der Waals surface area contributed by atoms with Gasteiger partial charge in [-0.25, -0.2) is 9.59 Å². The molecule has 5 nitrogen and oxygen atoms in total. The number of carbonyl (C=O) groups excluding carboxylic acids is 1. The van der Waals surface area contributed by atoms with E-state index < -0.39 is 23.9 Å². The van der Waals surface area contributed by atoms with Crippen LogP contribution < -0.4 is 0 Å². The summed E-state index contributed by atoms with van der Waals surface area (Å²) >= 11 is 0. The Morgan fingerprint density at radius 3 is 2.36 bits per heavy atom. The van der Waals surface area contributed by atoms with E-state index in [0.29, 0.717) is 0 Å². The van der Waals surface area contributed by atoms with Gasteiger partial charge in [0.2, 0.25) is 0 Å². The number of hydrogen-bond acceptors (Lipinski definition) is 3. The molecule has 1 fully saturated rings. The summed E-state index contributed by atoms with van der Waals surface area (Å²) in [5, 5.41) is 8.52. The van der Waals surface area contributed by atoms with E-state index in [1.165, 1.54) is 4.90 Å². The molecular weight excluding hydrogens is 296 g/mol. The normalized spacial score (nSPS) is 16.4. The molecule has 2 rings (SSSR count). The second-order valence-corrected chi connectivity index (χ2v) is 5.23. The Hall–Kier alpha value is -2.18. The molecule has 0 radical (unpaired) electrons. The van der Waals surface area contributed by atoms with Gasteiger partial charge in [0.25, 0.3) is 0 Å². The largest absolute Gasteiger partial charge is 0.477 e. The monoisotopic (exact) mass is 313 g/mol. The van der Waals surface area contributed by atoms with Crippen molar-refractivity contribution >= 4 is 12.1 Å². The number of halogens is 2. The summed E-state index contributed by atoms with van der Waals surface area (Å²) in [5.41, 5.74) is 0.836. The first kappa shape index (κ1) is 16.2. The van der Waals surface area contributed by atoms with Crippen molar-refractivity contribution in [2.75, 3.05) is 13.1 Å². The molecule has 1 aliphatic heterocycles. The highest BCUT2D eigenvalue weighted by atomic mass is 19.3. The Morgan fingerprint density at radius 2 is 1.82 bits per heavy atom. The minimum absolute atomic E-state index is 0.0558. The lowest BCUT2D eigenvalue weighted by Crippen LogP contribution is -2.46. The number of carboxylic acids is 1. The van der Waals surface area contributed by atoms with Crippen LogP contribution in [0.3, 0.4) is 0 Å². The average Bonchev–Trinajstić information content (AvgIpc) is 2.53. The second-order valence-electron chi connectivity index (χ2n) is 5.23. The van der Waals surface area contributed by atoms with Crippen LogP contribution in [0, 0.1) is 5.92 Å². The molecule has 0 saturated carbocycles. The lowest BCUT2D eigenvalue weighted by atomic mass is 9.90. The topological polar surface area (TPSA) is 66.8 Å². The third-order valence-corrected chi connectivity index (χ3v) is 3.76. The number of rotatable bonds is 4. The molecule has 0 atom stereocenters. The zero-order valence-corrected chi connectivity index (χ0v) is 11.9. The minimum Gasteiger partial charge on any atom is -0.477 e. The third-order valence-electron chi connectivity index (χ3n) is 3.76. The highest BCUT2D eigenvalue weighted by molar-refractivity contribution is 5.75. The van der Waals surface area contributed by atoms with E-state index in [-0.39, 0.29) is 32.5 Å². The average molecular weight is 313 g/mol. The Labute approximate surface area is 126 Å². The number of carbonyl (C=O) groups is 2. The van der Waals surface area contributed by atoms with E-state index in [0.717, 1.165) is 5.56 Å². The predicted molar refractivity (Wildman–Crippen MR) is 73.5 cm³/mol. The fraction of sp³-hybridized carbons (Fsp3) is 0.467. The van der Waals surface area contributed by atoms with Crippen LogP contribution >= 0.6 is 0 Å². The molecule has 0 spiro atoms. The fourth-order valence-electron chi connectivity index (χ4n) is 2.41. The maximum Gasteiger partial charge on any atom is 0.410 e. The van der Waals surface area contributed by atoms with Crippen LogP contribution in [-0.4, -0.2) is 41.1 Å². The van der Waals surface area contributed by atoms with Gasteiger partial charge in [-0.2, -0.15) is 8.78 Å². The Balaban J connectivity index is 1.81. The summed E-state index contributed by atoms with van der Waals surface area (Å²) < 4.78 is 31.9. The van der Waals surface area contributed by atoms with Crippen LogP contribution in [0.25, 0.3) is 0 Å². The molecule has 1 heterocycles. The van der Waals surface area contributed by atoms with Gasteiger partial charge in [-0.05, 0) is 18.4 Å². The number of hydrogen-bond donors (Lipinski definition) is 1. The number of carboxylic acid groups (broad SMARTS) is 1. The third kappa shape index (κ3) is 3.72. The zero-order chi connectivity index (χ0) is 16.2. The molecule has 22 heavy (non-hydrogen) atoms. The summed E-state index contributed by atoms with van der Waals surface area (Å²) in [6.07, 6.45) is -0.680. The van der Waals surface area contributed by atoms with Crippen LogP contribution in [0.5, 0.6) is 0 Å². The van der Waals surface area contributed by atoms with E-state index >= 15 is 0 Å². The van der Waals surface area contributed by atoms with Crippen LogP contribution in [0.15, 0.2) is 30.3 Å². The van der Waals surface area contributed by atoms with Crippen LogP contribution in [-0.2, 0) is 16.1 Å². The van der Waals surface area contributed by atoms with Gasteiger partial charge in [0.05, 0.1) is 0 Å². The number of benzene rings is 1. The van der Waals surface area contributed by atoms with Gasteiger partial charge in [0.15, 0.2) is 0 Å². The number of aliphatic carboxylic acids is 1. The molecule has 1 aliphatic rings. The van der Waals surface area contributed by atoms with Gasteiger partial charge in [0, 0.05) is 19.0 Å². The number of likely N-dealkylation sites (tertiary alicyclic amines) is 1. The molecule has 0 bridgehead atoms. The molecule has 120 valence electrons. The van der Waals surface area contributed by atoms with E-state index in [4.69, 9.17) is 9.84 Å². The van der Waals surface area contributed by atoms with Gasteiger partial charge in [-0.3, -0.25) is 0 Å².